The Kier molecular flexibility index (Phi) is 6.06. The van der Waals surface area contributed by atoms with Crippen LogP contribution in [0.15, 0.2) is 89.9 Å². The van der Waals surface area contributed by atoms with Crippen LogP contribution in [0.4, 0.5) is 0 Å². The summed E-state index contributed by atoms with van der Waals surface area (Å²) in [5.74, 6) is 1.62. The van der Waals surface area contributed by atoms with Gasteiger partial charge in [-0.15, -0.1) is 0 Å². The van der Waals surface area contributed by atoms with Gasteiger partial charge in [-0.25, -0.2) is 4.99 Å². The van der Waals surface area contributed by atoms with E-state index in [4.69, 9.17) is 14.3 Å². The molecule has 0 N–H and O–H groups in total. The molecule has 154 valence electrons. The van der Waals surface area contributed by atoms with E-state index < -0.39 is 7.37 Å². The standard InChI is InChI=1S/C25H26NO3P/c1-19(2)17-20-18-28-25(26-20)23-15-9-10-16-24(23)29-30(27,21-11-5-3-6-12-21)22-13-7-4-8-14-22/h3-16,19-20H,17-18H2,1-2H3/t20-/m1/s1. The van der Waals surface area contributed by atoms with Crippen LogP contribution >= 0.6 is 7.37 Å². The zero-order valence-electron chi connectivity index (χ0n) is 17.3. The monoisotopic (exact) mass is 419 g/mol. The molecule has 0 aliphatic carbocycles. The number of hydrogen-bond donors (Lipinski definition) is 0. The molecule has 1 heterocycles. The summed E-state index contributed by atoms with van der Waals surface area (Å²) in [7, 11) is -3.36. The number of hydrogen-bond acceptors (Lipinski definition) is 4. The number of benzene rings is 3. The molecule has 3 aromatic rings. The molecule has 0 amide bonds. The lowest BCUT2D eigenvalue weighted by atomic mass is 10.1. The van der Waals surface area contributed by atoms with E-state index in [1.54, 1.807) is 0 Å². The maximum atomic E-state index is 14.3. The molecule has 4 nitrogen and oxygen atoms in total. The summed E-state index contributed by atoms with van der Waals surface area (Å²) in [4.78, 5) is 4.76. The first-order chi connectivity index (χ1) is 14.6. The molecule has 30 heavy (non-hydrogen) atoms. The number of ether oxygens (including phenoxy) is 1. The molecule has 0 saturated heterocycles. The summed E-state index contributed by atoms with van der Waals surface area (Å²) in [5, 5.41) is 1.30. The Morgan fingerprint density at radius 1 is 0.933 bits per heavy atom. The number of para-hydroxylation sites is 1. The second kappa shape index (κ2) is 8.89. The molecule has 1 aliphatic heterocycles. The molecule has 0 aromatic heterocycles. The summed E-state index contributed by atoms with van der Waals surface area (Å²) >= 11 is 0. The maximum Gasteiger partial charge on any atom is 0.306 e. The van der Waals surface area contributed by atoms with Gasteiger partial charge < -0.3 is 9.26 Å². The molecule has 1 aliphatic rings. The number of nitrogens with zero attached hydrogens (tertiary/aromatic N) is 1. The zero-order chi connectivity index (χ0) is 21.0. The van der Waals surface area contributed by atoms with Crippen molar-refractivity contribution in [1.82, 2.24) is 0 Å². The molecule has 3 aromatic carbocycles. The number of rotatable bonds is 7. The van der Waals surface area contributed by atoms with Gasteiger partial charge in [-0.05, 0) is 48.7 Å². The molecule has 0 unspecified atom stereocenters. The van der Waals surface area contributed by atoms with Gasteiger partial charge in [0.05, 0.1) is 22.2 Å². The van der Waals surface area contributed by atoms with E-state index in [9.17, 15) is 4.57 Å². The van der Waals surface area contributed by atoms with Gasteiger partial charge in [0.1, 0.15) is 12.4 Å². The third-order valence-electron chi connectivity index (χ3n) is 4.99. The van der Waals surface area contributed by atoms with E-state index in [1.165, 1.54) is 0 Å². The van der Waals surface area contributed by atoms with E-state index in [-0.39, 0.29) is 6.04 Å². The lowest BCUT2D eigenvalue weighted by Crippen LogP contribution is -2.20. The fourth-order valence-corrected chi connectivity index (χ4v) is 5.67. The van der Waals surface area contributed by atoms with Crippen LogP contribution in [0.3, 0.4) is 0 Å². The van der Waals surface area contributed by atoms with Crippen molar-refractivity contribution in [3.05, 3.63) is 90.5 Å². The first-order valence-corrected chi connectivity index (χ1v) is 11.9. The summed E-state index contributed by atoms with van der Waals surface area (Å²) < 4.78 is 26.5. The SMILES string of the molecule is CC(C)C[C@@H]1COC(c2ccccc2OP(=O)(c2ccccc2)c2ccccc2)=N1. The molecular weight excluding hydrogens is 393 g/mol. The van der Waals surface area contributed by atoms with Crippen LogP contribution in [-0.2, 0) is 9.30 Å². The van der Waals surface area contributed by atoms with Gasteiger partial charge in [-0.3, -0.25) is 4.57 Å². The molecule has 4 rings (SSSR count). The van der Waals surface area contributed by atoms with Crippen LogP contribution in [0.1, 0.15) is 25.8 Å². The van der Waals surface area contributed by atoms with Gasteiger partial charge in [0.15, 0.2) is 0 Å². The predicted molar refractivity (Wildman–Crippen MR) is 123 cm³/mol. The molecule has 0 saturated carbocycles. The fraction of sp³-hybridized carbons (Fsp3) is 0.240. The fourth-order valence-electron chi connectivity index (χ4n) is 3.59. The van der Waals surface area contributed by atoms with E-state index in [0.29, 0.717) is 34.8 Å². The molecule has 0 radical (unpaired) electrons. The molecule has 1 atom stereocenters. The third-order valence-corrected chi connectivity index (χ3v) is 7.40. The Morgan fingerprint density at radius 3 is 2.10 bits per heavy atom. The lowest BCUT2D eigenvalue weighted by molar-refractivity contribution is 0.301. The molecule has 0 spiro atoms. The Labute approximate surface area is 178 Å². The van der Waals surface area contributed by atoms with Gasteiger partial charge >= 0.3 is 7.37 Å². The van der Waals surface area contributed by atoms with Crippen molar-refractivity contribution in [3.63, 3.8) is 0 Å². The van der Waals surface area contributed by atoms with Crippen LogP contribution in [-0.4, -0.2) is 18.5 Å². The van der Waals surface area contributed by atoms with Crippen LogP contribution < -0.4 is 15.1 Å². The molecular formula is C25H26NO3P. The second-order valence-corrected chi connectivity index (χ2v) is 10.2. The van der Waals surface area contributed by atoms with Crippen molar-refractivity contribution in [2.24, 2.45) is 10.9 Å². The van der Waals surface area contributed by atoms with E-state index in [0.717, 1.165) is 12.0 Å². The first kappa shape index (κ1) is 20.4. The van der Waals surface area contributed by atoms with Crippen LogP contribution in [0.5, 0.6) is 5.75 Å². The smallest absolute Gasteiger partial charge is 0.306 e. The average Bonchev–Trinajstić information content (AvgIpc) is 3.23. The van der Waals surface area contributed by atoms with Gasteiger partial charge in [0.2, 0.25) is 5.90 Å². The average molecular weight is 419 g/mol. The number of aliphatic imine (C=N–C) groups is 1. The highest BCUT2D eigenvalue weighted by molar-refractivity contribution is 7.74. The van der Waals surface area contributed by atoms with Crippen molar-refractivity contribution >= 4 is 23.9 Å². The molecule has 0 bridgehead atoms. The summed E-state index contributed by atoms with van der Waals surface area (Å²) in [6, 6.07) is 26.4. The van der Waals surface area contributed by atoms with E-state index >= 15 is 0 Å². The third kappa shape index (κ3) is 4.34. The minimum Gasteiger partial charge on any atom is -0.475 e. The highest BCUT2D eigenvalue weighted by Crippen LogP contribution is 2.46. The van der Waals surface area contributed by atoms with Gasteiger partial charge in [0, 0.05) is 0 Å². The quantitative estimate of drug-likeness (QED) is 0.496. The lowest BCUT2D eigenvalue weighted by Gasteiger charge is -2.22. The summed E-state index contributed by atoms with van der Waals surface area (Å²) in [5.41, 5.74) is 0.732. The largest absolute Gasteiger partial charge is 0.475 e. The van der Waals surface area contributed by atoms with Crippen molar-refractivity contribution < 1.29 is 13.8 Å². The van der Waals surface area contributed by atoms with Gasteiger partial charge in [0.25, 0.3) is 0 Å². The van der Waals surface area contributed by atoms with Crippen molar-refractivity contribution in [2.45, 2.75) is 26.3 Å². The van der Waals surface area contributed by atoms with E-state index in [2.05, 4.69) is 13.8 Å². The summed E-state index contributed by atoms with van der Waals surface area (Å²) in [6.07, 6.45) is 0.971. The van der Waals surface area contributed by atoms with Crippen molar-refractivity contribution in [3.8, 4) is 5.75 Å². The highest BCUT2D eigenvalue weighted by Gasteiger charge is 2.32. The maximum absolute atomic E-state index is 14.3. The zero-order valence-corrected chi connectivity index (χ0v) is 18.2. The van der Waals surface area contributed by atoms with Crippen molar-refractivity contribution in [2.75, 3.05) is 6.61 Å². The van der Waals surface area contributed by atoms with Gasteiger partial charge in [-0.1, -0.05) is 62.4 Å². The first-order valence-electron chi connectivity index (χ1n) is 10.3. The Balaban J connectivity index is 1.73. The Bertz CT molecular complexity index is 1020. The van der Waals surface area contributed by atoms with Gasteiger partial charge in [-0.2, -0.15) is 0 Å². The molecule has 0 fully saturated rings. The highest BCUT2D eigenvalue weighted by atomic mass is 31.2. The normalized spacial score (nSPS) is 16.2. The van der Waals surface area contributed by atoms with Crippen LogP contribution in [0, 0.1) is 5.92 Å². The molecule has 5 heteroatoms. The Hall–Kier alpha value is -2.84. The van der Waals surface area contributed by atoms with Crippen molar-refractivity contribution in [1.29, 1.82) is 0 Å². The minimum absolute atomic E-state index is 0.142. The second-order valence-electron chi connectivity index (χ2n) is 7.84. The van der Waals surface area contributed by atoms with Crippen LogP contribution in [0.2, 0.25) is 0 Å². The predicted octanol–water partition coefficient (Wildman–Crippen LogP) is 5.19. The van der Waals surface area contributed by atoms with E-state index in [1.807, 2.05) is 84.9 Å². The minimum atomic E-state index is -3.36. The summed E-state index contributed by atoms with van der Waals surface area (Å²) in [6.45, 7) is 4.93. The Morgan fingerprint density at radius 2 is 1.50 bits per heavy atom. The van der Waals surface area contributed by atoms with Crippen LogP contribution in [0.25, 0.3) is 0 Å². The topological polar surface area (TPSA) is 47.9 Å².